The third-order valence-corrected chi connectivity index (χ3v) is 5.42. The first-order chi connectivity index (χ1) is 14.3. The largest absolute Gasteiger partial charge is 0.452 e. The number of carbonyl (C=O) groups excluding carboxylic acids is 3. The molecule has 1 saturated carbocycles. The summed E-state index contributed by atoms with van der Waals surface area (Å²) in [6.45, 7) is 8.66. The molecular formula is C23H29N3O4. The highest BCUT2D eigenvalue weighted by atomic mass is 16.5. The Bertz CT molecular complexity index is 938. The van der Waals surface area contributed by atoms with E-state index in [1.165, 1.54) is 0 Å². The normalized spacial score (nSPS) is 13.1. The summed E-state index contributed by atoms with van der Waals surface area (Å²) in [5, 5.41) is 2.69. The molecule has 0 saturated heterocycles. The molecule has 2 aromatic rings. The van der Waals surface area contributed by atoms with Crippen molar-refractivity contribution in [3.8, 4) is 0 Å². The number of nitrogens with one attached hydrogen (secondary N) is 1. The van der Waals surface area contributed by atoms with E-state index in [2.05, 4.69) is 9.88 Å². The summed E-state index contributed by atoms with van der Waals surface area (Å²) >= 11 is 0. The van der Waals surface area contributed by atoms with Crippen LogP contribution in [0.4, 0.5) is 5.69 Å². The van der Waals surface area contributed by atoms with Crippen LogP contribution in [0.15, 0.2) is 30.3 Å². The number of hydrogen-bond donors (Lipinski definition) is 1. The number of benzene rings is 1. The molecule has 3 rings (SSSR count). The monoisotopic (exact) mass is 411 g/mol. The van der Waals surface area contributed by atoms with Gasteiger partial charge in [0.2, 0.25) is 0 Å². The predicted molar refractivity (Wildman–Crippen MR) is 115 cm³/mol. The van der Waals surface area contributed by atoms with Crippen LogP contribution >= 0.6 is 0 Å². The lowest BCUT2D eigenvalue weighted by molar-refractivity contribution is -0.119. The van der Waals surface area contributed by atoms with E-state index >= 15 is 0 Å². The first-order valence-electron chi connectivity index (χ1n) is 10.4. The van der Waals surface area contributed by atoms with Gasteiger partial charge in [-0.3, -0.25) is 9.59 Å². The third kappa shape index (κ3) is 4.72. The van der Waals surface area contributed by atoms with E-state index in [0.29, 0.717) is 35.9 Å². The molecule has 1 aromatic carbocycles. The van der Waals surface area contributed by atoms with Crippen molar-refractivity contribution in [1.29, 1.82) is 0 Å². The van der Waals surface area contributed by atoms with Crippen molar-refractivity contribution in [2.75, 3.05) is 25.0 Å². The maximum atomic E-state index is 12.4. The van der Waals surface area contributed by atoms with E-state index in [9.17, 15) is 14.4 Å². The van der Waals surface area contributed by atoms with Crippen molar-refractivity contribution in [2.24, 2.45) is 0 Å². The Morgan fingerprint density at radius 3 is 2.30 bits per heavy atom. The maximum absolute atomic E-state index is 12.4. The van der Waals surface area contributed by atoms with Gasteiger partial charge < -0.3 is 19.5 Å². The summed E-state index contributed by atoms with van der Waals surface area (Å²) in [5.41, 5.74) is 3.53. The van der Waals surface area contributed by atoms with Crippen LogP contribution in [0, 0.1) is 13.8 Å². The number of rotatable bonds is 8. The molecule has 30 heavy (non-hydrogen) atoms. The average molecular weight is 412 g/mol. The molecule has 0 bridgehead atoms. The van der Waals surface area contributed by atoms with Gasteiger partial charge in [-0.25, -0.2) is 4.79 Å². The fourth-order valence-electron chi connectivity index (χ4n) is 3.67. The molecule has 0 aliphatic heterocycles. The number of aryl methyl sites for hydroxylation is 1. The molecule has 1 aliphatic carbocycles. The summed E-state index contributed by atoms with van der Waals surface area (Å²) in [4.78, 5) is 38.6. The van der Waals surface area contributed by atoms with E-state index < -0.39 is 11.9 Å². The van der Waals surface area contributed by atoms with Crippen LogP contribution in [-0.4, -0.2) is 46.9 Å². The zero-order valence-electron chi connectivity index (χ0n) is 18.0. The van der Waals surface area contributed by atoms with Gasteiger partial charge in [0.15, 0.2) is 6.61 Å². The van der Waals surface area contributed by atoms with Crippen molar-refractivity contribution >= 4 is 23.5 Å². The van der Waals surface area contributed by atoms with E-state index in [1.807, 2.05) is 33.8 Å². The zero-order chi connectivity index (χ0) is 21.8. The molecule has 1 N–H and O–H groups in total. The second kappa shape index (κ2) is 9.15. The molecule has 0 radical (unpaired) electrons. The van der Waals surface area contributed by atoms with Gasteiger partial charge in [-0.05, 0) is 70.9 Å². The maximum Gasteiger partial charge on any atom is 0.340 e. The molecule has 1 aromatic heterocycles. The SMILES string of the molecule is CCN(CC)C(=O)c1ccc(NC(=O)COC(=O)c2cc(C)n(C3CC3)c2C)cc1. The molecule has 2 amide bonds. The first kappa shape index (κ1) is 21.6. The van der Waals surface area contributed by atoms with E-state index in [0.717, 1.165) is 24.2 Å². The summed E-state index contributed by atoms with van der Waals surface area (Å²) in [5.74, 6) is -0.969. The van der Waals surface area contributed by atoms with Gasteiger partial charge in [0, 0.05) is 41.8 Å². The molecule has 0 atom stereocenters. The van der Waals surface area contributed by atoms with Crippen LogP contribution in [0.2, 0.25) is 0 Å². The van der Waals surface area contributed by atoms with E-state index in [-0.39, 0.29) is 12.5 Å². The molecule has 0 unspecified atom stereocenters. The molecule has 0 spiro atoms. The van der Waals surface area contributed by atoms with E-state index in [4.69, 9.17) is 4.74 Å². The Morgan fingerprint density at radius 2 is 1.73 bits per heavy atom. The predicted octanol–water partition coefficient (Wildman–Crippen LogP) is 3.72. The quantitative estimate of drug-likeness (QED) is 0.672. The van der Waals surface area contributed by atoms with Gasteiger partial charge in [-0.2, -0.15) is 0 Å². The number of aromatic nitrogens is 1. The molecule has 1 heterocycles. The number of nitrogens with zero attached hydrogens (tertiary/aromatic N) is 2. The van der Waals surface area contributed by atoms with Gasteiger partial charge in [0.05, 0.1) is 5.56 Å². The topological polar surface area (TPSA) is 80.6 Å². The first-order valence-corrected chi connectivity index (χ1v) is 10.4. The molecule has 160 valence electrons. The van der Waals surface area contributed by atoms with Gasteiger partial charge >= 0.3 is 5.97 Å². The number of ether oxygens (including phenoxy) is 1. The highest BCUT2D eigenvalue weighted by molar-refractivity contribution is 5.97. The highest BCUT2D eigenvalue weighted by Gasteiger charge is 2.28. The van der Waals surface area contributed by atoms with Crippen LogP contribution in [0.25, 0.3) is 0 Å². The van der Waals surface area contributed by atoms with Gasteiger partial charge in [-0.15, -0.1) is 0 Å². The number of anilines is 1. The minimum Gasteiger partial charge on any atom is -0.452 e. The minimum atomic E-state index is -0.495. The highest BCUT2D eigenvalue weighted by Crippen LogP contribution is 2.38. The van der Waals surface area contributed by atoms with Crippen LogP contribution in [-0.2, 0) is 9.53 Å². The van der Waals surface area contributed by atoms with Crippen LogP contribution in [0.3, 0.4) is 0 Å². The Hall–Kier alpha value is -3.09. The van der Waals surface area contributed by atoms with Crippen LogP contribution < -0.4 is 5.32 Å². The Morgan fingerprint density at radius 1 is 1.10 bits per heavy atom. The molecule has 7 heteroatoms. The number of esters is 1. The third-order valence-electron chi connectivity index (χ3n) is 5.42. The molecule has 7 nitrogen and oxygen atoms in total. The van der Waals surface area contributed by atoms with Crippen molar-refractivity contribution in [3.63, 3.8) is 0 Å². The molecule has 1 fully saturated rings. The number of hydrogen-bond acceptors (Lipinski definition) is 4. The average Bonchev–Trinajstić information content (AvgIpc) is 3.52. The second-order valence-corrected chi connectivity index (χ2v) is 7.57. The lowest BCUT2D eigenvalue weighted by Crippen LogP contribution is -2.30. The summed E-state index contributed by atoms with van der Waals surface area (Å²) < 4.78 is 7.37. The zero-order valence-corrected chi connectivity index (χ0v) is 18.0. The van der Waals surface area contributed by atoms with Crippen LogP contribution in [0.1, 0.15) is 64.8 Å². The van der Waals surface area contributed by atoms with Gasteiger partial charge in [0.25, 0.3) is 11.8 Å². The summed E-state index contributed by atoms with van der Waals surface area (Å²) in [6.07, 6.45) is 2.26. The van der Waals surface area contributed by atoms with Gasteiger partial charge in [-0.1, -0.05) is 0 Å². The fourth-order valence-corrected chi connectivity index (χ4v) is 3.67. The van der Waals surface area contributed by atoms with Crippen molar-refractivity contribution < 1.29 is 19.1 Å². The lowest BCUT2D eigenvalue weighted by atomic mass is 10.2. The summed E-state index contributed by atoms with van der Waals surface area (Å²) in [7, 11) is 0. The van der Waals surface area contributed by atoms with Crippen molar-refractivity contribution in [3.05, 3.63) is 52.8 Å². The molecular weight excluding hydrogens is 382 g/mol. The fraction of sp³-hybridized carbons (Fsp3) is 0.435. The smallest absolute Gasteiger partial charge is 0.340 e. The number of carbonyl (C=O) groups is 3. The van der Waals surface area contributed by atoms with Crippen molar-refractivity contribution in [2.45, 2.75) is 46.6 Å². The van der Waals surface area contributed by atoms with E-state index in [1.54, 1.807) is 29.2 Å². The lowest BCUT2D eigenvalue weighted by Gasteiger charge is -2.18. The van der Waals surface area contributed by atoms with Crippen molar-refractivity contribution in [1.82, 2.24) is 9.47 Å². The second-order valence-electron chi connectivity index (χ2n) is 7.57. The standard InChI is InChI=1S/C23H29N3O4/c1-5-25(6-2)22(28)17-7-9-18(10-8-17)24-21(27)14-30-23(29)20-13-15(3)26(16(20)4)19-11-12-19/h7-10,13,19H,5-6,11-12,14H2,1-4H3,(H,24,27). The molecule has 1 aliphatic rings. The minimum absolute atomic E-state index is 0.0457. The van der Waals surface area contributed by atoms with Gasteiger partial charge in [0.1, 0.15) is 0 Å². The summed E-state index contributed by atoms with van der Waals surface area (Å²) in [6, 6.07) is 8.98. The van der Waals surface area contributed by atoms with Crippen LogP contribution in [0.5, 0.6) is 0 Å². The number of amides is 2. The Kier molecular flexibility index (Phi) is 6.59. The Labute approximate surface area is 177 Å². The Balaban J connectivity index is 1.54.